The second kappa shape index (κ2) is 9.51. The predicted octanol–water partition coefficient (Wildman–Crippen LogP) is 1.24. The topological polar surface area (TPSA) is 189 Å². The lowest BCUT2D eigenvalue weighted by molar-refractivity contribution is 0.199. The molecule has 0 atom stereocenters. The van der Waals surface area contributed by atoms with E-state index in [-0.39, 0.29) is 46.5 Å². The highest BCUT2D eigenvalue weighted by molar-refractivity contribution is 9.10. The van der Waals surface area contributed by atoms with Gasteiger partial charge >= 0.3 is 22.2 Å². The molecule has 1 aliphatic heterocycles. The Morgan fingerprint density at radius 3 is 2.71 bits per heavy atom. The maximum Gasteiger partial charge on any atom is 0.446 e. The number of nitrogens with two attached hydrogens (primary N) is 1. The molecule has 34 heavy (non-hydrogen) atoms. The van der Waals surface area contributed by atoms with E-state index in [0.29, 0.717) is 19.4 Å². The van der Waals surface area contributed by atoms with Gasteiger partial charge in [-0.25, -0.2) is 23.2 Å². The highest BCUT2D eigenvalue weighted by Gasteiger charge is 2.31. The molecule has 17 heteroatoms. The number of rotatable bonds is 7. The number of hydrogen-bond donors (Lipinski definition) is 2. The van der Waals surface area contributed by atoms with Crippen molar-refractivity contribution in [1.29, 1.82) is 0 Å². The van der Waals surface area contributed by atoms with Crippen LogP contribution < -0.4 is 16.8 Å². The summed E-state index contributed by atoms with van der Waals surface area (Å²) in [6, 6.07) is 3.91. The molecule has 2 aromatic heterocycles. The molecule has 0 radical (unpaired) electrons. The summed E-state index contributed by atoms with van der Waals surface area (Å²) in [6.45, 7) is 0.637. The van der Waals surface area contributed by atoms with Gasteiger partial charge in [-0.2, -0.15) is 12.7 Å². The summed E-state index contributed by atoms with van der Waals surface area (Å²) < 4.78 is 53.5. The van der Waals surface area contributed by atoms with Gasteiger partial charge < -0.3 is 15.2 Å². The van der Waals surface area contributed by atoms with Crippen molar-refractivity contribution < 1.29 is 30.9 Å². The Morgan fingerprint density at radius 2 is 2.03 bits per heavy atom. The summed E-state index contributed by atoms with van der Waals surface area (Å²) >= 11 is 3.07. The highest BCUT2D eigenvalue weighted by Crippen LogP contribution is 2.27. The van der Waals surface area contributed by atoms with Gasteiger partial charge in [0, 0.05) is 19.6 Å². The number of amides is 1. The largest absolute Gasteiger partial charge is 0.446 e. The zero-order valence-electron chi connectivity index (χ0n) is 17.2. The second-order valence-electron chi connectivity index (χ2n) is 7.25. The number of aromatic nitrogens is 4. The molecule has 3 heterocycles. The van der Waals surface area contributed by atoms with E-state index in [1.165, 1.54) is 18.2 Å². The van der Waals surface area contributed by atoms with Crippen LogP contribution in [0.4, 0.5) is 15.0 Å². The minimum absolute atomic E-state index is 0.0169. The van der Waals surface area contributed by atoms with Gasteiger partial charge in [-0.3, -0.25) is 4.52 Å². The SMILES string of the molecule is NC(=O)OS(=O)(=O)N1CCC(CNc2nonc2-c2noc(=O)n2-c2ccc(F)c(Br)c2)CC1. The quantitative estimate of drug-likeness (QED) is 0.422. The molecule has 14 nitrogen and oxygen atoms in total. The maximum absolute atomic E-state index is 13.6. The Kier molecular flexibility index (Phi) is 6.67. The molecule has 3 aromatic rings. The number of nitrogens with zero attached hydrogens (tertiary/aromatic N) is 5. The van der Waals surface area contributed by atoms with Crippen LogP contribution in [0, 0.1) is 11.7 Å². The molecule has 0 spiro atoms. The van der Waals surface area contributed by atoms with Gasteiger partial charge in [-0.05, 0) is 63.2 Å². The average molecular weight is 562 g/mol. The summed E-state index contributed by atoms with van der Waals surface area (Å²) in [6.07, 6.45) is -0.463. The van der Waals surface area contributed by atoms with Crippen LogP contribution in [-0.2, 0) is 14.5 Å². The minimum atomic E-state index is -4.22. The Bertz CT molecular complexity index is 1360. The summed E-state index contributed by atoms with van der Waals surface area (Å²) in [7, 11) is -4.22. The van der Waals surface area contributed by atoms with Crippen LogP contribution in [0.15, 0.2) is 36.6 Å². The Hall–Kier alpha value is -3.31. The van der Waals surface area contributed by atoms with E-state index in [2.05, 4.69) is 40.9 Å². The first-order valence-electron chi connectivity index (χ1n) is 9.75. The first-order chi connectivity index (χ1) is 16.2. The fourth-order valence-corrected chi connectivity index (χ4v) is 4.77. The Labute approximate surface area is 199 Å². The van der Waals surface area contributed by atoms with Crippen molar-refractivity contribution in [3.05, 3.63) is 39.0 Å². The van der Waals surface area contributed by atoms with Gasteiger partial charge in [0.1, 0.15) is 5.82 Å². The van der Waals surface area contributed by atoms with E-state index in [0.717, 1.165) is 8.87 Å². The molecular weight excluding hydrogens is 545 g/mol. The van der Waals surface area contributed by atoms with Crippen molar-refractivity contribution in [2.75, 3.05) is 25.0 Å². The van der Waals surface area contributed by atoms with Gasteiger partial charge in [0.15, 0.2) is 5.69 Å². The second-order valence-corrected chi connectivity index (χ2v) is 9.64. The van der Waals surface area contributed by atoms with E-state index >= 15 is 0 Å². The van der Waals surface area contributed by atoms with Crippen molar-refractivity contribution in [3.63, 3.8) is 0 Å². The third-order valence-electron chi connectivity index (χ3n) is 5.10. The Balaban J connectivity index is 1.46. The molecule has 0 saturated carbocycles. The highest BCUT2D eigenvalue weighted by atomic mass is 79.9. The monoisotopic (exact) mass is 561 g/mol. The molecule has 182 valence electrons. The number of benzene rings is 1. The van der Waals surface area contributed by atoms with E-state index in [4.69, 9.17) is 14.9 Å². The van der Waals surface area contributed by atoms with Crippen LogP contribution in [0.5, 0.6) is 0 Å². The van der Waals surface area contributed by atoms with Crippen LogP contribution in [0.3, 0.4) is 0 Å². The minimum Gasteiger partial charge on any atom is -0.365 e. The summed E-state index contributed by atoms with van der Waals surface area (Å²) in [5, 5.41) is 14.4. The molecule has 0 aliphatic carbocycles. The van der Waals surface area contributed by atoms with Crippen LogP contribution in [0.25, 0.3) is 17.2 Å². The zero-order chi connectivity index (χ0) is 24.5. The lowest BCUT2D eigenvalue weighted by Gasteiger charge is -2.29. The van der Waals surface area contributed by atoms with Crippen molar-refractivity contribution in [1.82, 2.24) is 24.3 Å². The smallest absolute Gasteiger partial charge is 0.365 e. The molecule has 1 saturated heterocycles. The molecule has 1 fully saturated rings. The Morgan fingerprint density at radius 1 is 1.29 bits per heavy atom. The average Bonchev–Trinajstić information content (AvgIpc) is 3.39. The number of nitrogens with one attached hydrogen (secondary N) is 1. The number of anilines is 1. The van der Waals surface area contributed by atoms with Crippen LogP contribution in [0.2, 0.25) is 0 Å². The first-order valence-corrected chi connectivity index (χ1v) is 11.9. The van der Waals surface area contributed by atoms with E-state index in [1.54, 1.807) is 0 Å². The summed E-state index contributed by atoms with van der Waals surface area (Å²) in [4.78, 5) is 23.0. The molecule has 3 N–H and O–H groups in total. The van der Waals surface area contributed by atoms with Gasteiger partial charge in [0.2, 0.25) is 11.6 Å². The van der Waals surface area contributed by atoms with E-state index in [9.17, 15) is 22.4 Å². The van der Waals surface area contributed by atoms with Gasteiger partial charge in [0.05, 0.1) is 10.2 Å². The number of primary amides is 1. The van der Waals surface area contributed by atoms with Crippen molar-refractivity contribution in [2.24, 2.45) is 11.7 Å². The van der Waals surface area contributed by atoms with Crippen molar-refractivity contribution in [2.45, 2.75) is 12.8 Å². The fourth-order valence-electron chi connectivity index (χ4n) is 3.44. The zero-order valence-corrected chi connectivity index (χ0v) is 19.6. The molecule has 0 unspecified atom stereocenters. The molecule has 1 amide bonds. The van der Waals surface area contributed by atoms with Gasteiger partial charge in [-0.15, -0.1) is 0 Å². The lowest BCUT2D eigenvalue weighted by Crippen LogP contribution is -2.42. The number of piperidine rings is 1. The van der Waals surface area contributed by atoms with Crippen molar-refractivity contribution in [3.8, 4) is 17.2 Å². The first kappa shape index (κ1) is 23.8. The molecule has 1 aliphatic rings. The van der Waals surface area contributed by atoms with Crippen LogP contribution in [-0.4, -0.2) is 58.5 Å². The third-order valence-corrected chi connectivity index (χ3v) is 7.08. The van der Waals surface area contributed by atoms with Crippen LogP contribution >= 0.6 is 15.9 Å². The molecule has 4 rings (SSSR count). The van der Waals surface area contributed by atoms with E-state index < -0.39 is 28.0 Å². The van der Waals surface area contributed by atoms with Gasteiger partial charge in [0.25, 0.3) is 0 Å². The molecule has 1 aromatic carbocycles. The number of carbonyl (C=O) groups is 1. The maximum atomic E-state index is 13.6. The van der Waals surface area contributed by atoms with Crippen molar-refractivity contribution >= 4 is 38.1 Å². The molecule has 0 bridgehead atoms. The lowest BCUT2D eigenvalue weighted by atomic mass is 9.98. The normalized spacial score (nSPS) is 15.4. The number of halogens is 2. The molecular formula is C17H17BrFN7O7S. The fraction of sp³-hybridized carbons (Fsp3) is 0.353. The standard InChI is InChI=1S/C17H17BrFN7O7S/c18-11-7-10(1-2-12(11)19)26-15(24-31-17(26)28)13-14(23-33-22-13)21-8-9-3-5-25(6-4-9)34(29,30)32-16(20)27/h1-2,7,9H,3-6,8H2,(H2,20,27)(H,21,23). The number of carbonyl (C=O) groups excluding carboxylic acids is 1. The van der Waals surface area contributed by atoms with Gasteiger partial charge in [-0.1, -0.05) is 5.16 Å². The summed E-state index contributed by atoms with van der Waals surface area (Å²) in [5.74, 6) is -1.14. The summed E-state index contributed by atoms with van der Waals surface area (Å²) in [5.41, 5.74) is 5.15. The van der Waals surface area contributed by atoms with Crippen LogP contribution in [0.1, 0.15) is 12.8 Å². The number of hydrogen-bond acceptors (Lipinski definition) is 11. The third kappa shape index (κ3) is 4.95. The van der Waals surface area contributed by atoms with E-state index in [1.807, 2.05) is 0 Å². The predicted molar refractivity (Wildman–Crippen MR) is 115 cm³/mol.